The highest BCUT2D eigenvalue weighted by molar-refractivity contribution is 5.46. The Kier molecular flexibility index (Phi) is 3.89. The monoisotopic (exact) mass is 197 g/mol. The van der Waals surface area contributed by atoms with Crippen molar-refractivity contribution in [1.82, 2.24) is 0 Å². The number of aliphatic hydroxyl groups excluding tert-OH is 1. The Morgan fingerprint density at radius 2 is 2.21 bits per heavy atom. The molecule has 0 amide bonds. The summed E-state index contributed by atoms with van der Waals surface area (Å²) in [4.78, 5) is 0. The SMILES string of the molecule is CCC(O)CNc1ccc(C)cc1F. The highest BCUT2D eigenvalue weighted by Gasteiger charge is 2.04. The molecule has 1 aromatic rings. The molecule has 2 nitrogen and oxygen atoms in total. The summed E-state index contributed by atoms with van der Waals surface area (Å²) < 4.78 is 13.3. The van der Waals surface area contributed by atoms with Crippen molar-refractivity contribution in [3.8, 4) is 0 Å². The zero-order chi connectivity index (χ0) is 10.6. The lowest BCUT2D eigenvalue weighted by Gasteiger charge is -2.11. The first kappa shape index (κ1) is 11.0. The summed E-state index contributed by atoms with van der Waals surface area (Å²) in [5.41, 5.74) is 1.34. The van der Waals surface area contributed by atoms with Gasteiger partial charge in [-0.2, -0.15) is 0 Å². The minimum absolute atomic E-state index is 0.270. The van der Waals surface area contributed by atoms with Crippen molar-refractivity contribution >= 4 is 5.69 Å². The average molecular weight is 197 g/mol. The number of aryl methyl sites for hydroxylation is 1. The van der Waals surface area contributed by atoms with Crippen molar-refractivity contribution < 1.29 is 9.50 Å². The van der Waals surface area contributed by atoms with Crippen LogP contribution in [0.15, 0.2) is 18.2 Å². The second-order valence-corrected chi connectivity index (χ2v) is 3.43. The van der Waals surface area contributed by atoms with Crippen molar-refractivity contribution in [3.63, 3.8) is 0 Å². The molecule has 0 aliphatic rings. The maximum absolute atomic E-state index is 13.3. The molecule has 1 aromatic carbocycles. The van der Waals surface area contributed by atoms with Gasteiger partial charge >= 0.3 is 0 Å². The Morgan fingerprint density at radius 3 is 2.79 bits per heavy atom. The molecule has 0 spiro atoms. The molecule has 1 unspecified atom stereocenters. The Labute approximate surface area is 83.8 Å². The van der Waals surface area contributed by atoms with Gasteiger partial charge in [0.2, 0.25) is 0 Å². The van der Waals surface area contributed by atoms with Crippen LogP contribution < -0.4 is 5.32 Å². The lowest BCUT2D eigenvalue weighted by atomic mass is 10.2. The second kappa shape index (κ2) is 4.96. The normalized spacial score (nSPS) is 12.6. The van der Waals surface area contributed by atoms with Crippen LogP contribution in [-0.2, 0) is 0 Å². The van der Waals surface area contributed by atoms with Gasteiger partial charge < -0.3 is 10.4 Å². The van der Waals surface area contributed by atoms with E-state index in [4.69, 9.17) is 0 Å². The van der Waals surface area contributed by atoms with Gasteiger partial charge in [-0.3, -0.25) is 0 Å². The number of benzene rings is 1. The number of hydrogen-bond donors (Lipinski definition) is 2. The van der Waals surface area contributed by atoms with Crippen LogP contribution in [0.1, 0.15) is 18.9 Å². The molecule has 2 N–H and O–H groups in total. The van der Waals surface area contributed by atoms with Crippen LogP contribution in [0.5, 0.6) is 0 Å². The third-order valence-electron chi connectivity index (χ3n) is 2.12. The zero-order valence-corrected chi connectivity index (χ0v) is 8.55. The van der Waals surface area contributed by atoms with E-state index in [1.165, 1.54) is 6.07 Å². The number of hydrogen-bond acceptors (Lipinski definition) is 2. The van der Waals surface area contributed by atoms with Crippen molar-refractivity contribution in [2.75, 3.05) is 11.9 Å². The topological polar surface area (TPSA) is 32.3 Å². The van der Waals surface area contributed by atoms with Crippen LogP contribution in [-0.4, -0.2) is 17.8 Å². The molecule has 0 radical (unpaired) electrons. The third-order valence-corrected chi connectivity index (χ3v) is 2.12. The molecule has 0 fully saturated rings. The lowest BCUT2D eigenvalue weighted by molar-refractivity contribution is 0.183. The Balaban J connectivity index is 2.59. The van der Waals surface area contributed by atoms with Gasteiger partial charge in [-0.05, 0) is 31.0 Å². The van der Waals surface area contributed by atoms with Crippen LogP contribution in [0.3, 0.4) is 0 Å². The van der Waals surface area contributed by atoms with Crippen molar-refractivity contribution in [3.05, 3.63) is 29.6 Å². The fourth-order valence-corrected chi connectivity index (χ4v) is 1.14. The summed E-state index contributed by atoms with van der Waals surface area (Å²) in [6.07, 6.45) is 0.246. The van der Waals surface area contributed by atoms with Crippen LogP contribution in [0.25, 0.3) is 0 Å². The molecule has 0 saturated carbocycles. The Hall–Kier alpha value is -1.09. The molecule has 0 heterocycles. The van der Waals surface area contributed by atoms with Gasteiger partial charge in [-0.15, -0.1) is 0 Å². The van der Waals surface area contributed by atoms with E-state index in [0.29, 0.717) is 18.7 Å². The quantitative estimate of drug-likeness (QED) is 0.776. The second-order valence-electron chi connectivity index (χ2n) is 3.43. The number of halogens is 1. The highest BCUT2D eigenvalue weighted by atomic mass is 19.1. The number of rotatable bonds is 4. The van der Waals surface area contributed by atoms with Gasteiger partial charge in [-0.1, -0.05) is 13.0 Å². The van der Waals surface area contributed by atoms with Crippen LogP contribution in [0, 0.1) is 12.7 Å². The van der Waals surface area contributed by atoms with E-state index in [0.717, 1.165) is 5.56 Å². The molecule has 0 aliphatic heterocycles. The first-order valence-corrected chi connectivity index (χ1v) is 4.81. The van der Waals surface area contributed by atoms with Gasteiger partial charge in [-0.25, -0.2) is 4.39 Å². The van der Waals surface area contributed by atoms with Gasteiger partial charge in [0.25, 0.3) is 0 Å². The number of anilines is 1. The molecule has 0 saturated heterocycles. The van der Waals surface area contributed by atoms with E-state index in [2.05, 4.69) is 5.32 Å². The van der Waals surface area contributed by atoms with Crippen molar-refractivity contribution in [1.29, 1.82) is 0 Å². The van der Waals surface area contributed by atoms with E-state index < -0.39 is 6.10 Å². The van der Waals surface area contributed by atoms with Gasteiger partial charge in [0, 0.05) is 6.54 Å². The van der Waals surface area contributed by atoms with Gasteiger partial charge in [0.15, 0.2) is 0 Å². The van der Waals surface area contributed by atoms with E-state index in [1.807, 2.05) is 19.9 Å². The molecule has 1 atom stereocenters. The predicted molar refractivity (Wildman–Crippen MR) is 55.9 cm³/mol. The maximum atomic E-state index is 13.3. The molecule has 0 aliphatic carbocycles. The smallest absolute Gasteiger partial charge is 0.146 e. The average Bonchev–Trinajstić information content (AvgIpc) is 2.16. The molecule has 14 heavy (non-hydrogen) atoms. The summed E-state index contributed by atoms with van der Waals surface area (Å²) in [7, 11) is 0. The van der Waals surface area contributed by atoms with Crippen LogP contribution >= 0.6 is 0 Å². The summed E-state index contributed by atoms with van der Waals surface area (Å²) in [5.74, 6) is -0.270. The third kappa shape index (κ3) is 3.00. The minimum Gasteiger partial charge on any atom is -0.391 e. The summed E-state index contributed by atoms with van der Waals surface area (Å²) >= 11 is 0. The molecular weight excluding hydrogens is 181 g/mol. The van der Waals surface area contributed by atoms with Crippen LogP contribution in [0.2, 0.25) is 0 Å². The van der Waals surface area contributed by atoms with E-state index in [1.54, 1.807) is 6.07 Å². The van der Waals surface area contributed by atoms with Crippen LogP contribution in [0.4, 0.5) is 10.1 Å². The van der Waals surface area contributed by atoms with Gasteiger partial charge in [0.05, 0.1) is 11.8 Å². The number of aliphatic hydroxyl groups is 1. The largest absolute Gasteiger partial charge is 0.391 e. The molecule has 3 heteroatoms. The summed E-state index contributed by atoms with van der Waals surface area (Å²) in [6.45, 7) is 4.11. The first-order valence-electron chi connectivity index (χ1n) is 4.81. The molecule has 1 rings (SSSR count). The summed E-state index contributed by atoms with van der Waals surface area (Å²) in [5, 5.41) is 12.1. The van der Waals surface area contributed by atoms with E-state index >= 15 is 0 Å². The van der Waals surface area contributed by atoms with Crippen molar-refractivity contribution in [2.45, 2.75) is 26.4 Å². The van der Waals surface area contributed by atoms with Gasteiger partial charge in [0.1, 0.15) is 5.82 Å². The summed E-state index contributed by atoms with van der Waals surface area (Å²) in [6, 6.07) is 5.00. The standard InChI is InChI=1S/C11H16FNO/c1-3-9(14)7-13-11-5-4-8(2)6-10(11)12/h4-6,9,13-14H,3,7H2,1-2H3. The highest BCUT2D eigenvalue weighted by Crippen LogP contribution is 2.15. The minimum atomic E-state index is -0.421. The van der Waals surface area contributed by atoms with E-state index in [-0.39, 0.29) is 5.82 Å². The zero-order valence-electron chi connectivity index (χ0n) is 8.55. The fourth-order valence-electron chi connectivity index (χ4n) is 1.14. The maximum Gasteiger partial charge on any atom is 0.146 e. The number of nitrogens with one attached hydrogen (secondary N) is 1. The Morgan fingerprint density at radius 1 is 1.50 bits per heavy atom. The van der Waals surface area contributed by atoms with Crippen molar-refractivity contribution in [2.24, 2.45) is 0 Å². The first-order chi connectivity index (χ1) is 6.63. The van der Waals surface area contributed by atoms with E-state index in [9.17, 15) is 9.50 Å². The molecule has 0 bridgehead atoms. The lowest BCUT2D eigenvalue weighted by Crippen LogP contribution is -2.18. The molecule has 78 valence electrons. The molecular formula is C11H16FNO. The fraction of sp³-hybridized carbons (Fsp3) is 0.455. The molecule has 0 aromatic heterocycles. The Bertz CT molecular complexity index is 301. The predicted octanol–water partition coefficient (Wildman–Crippen LogP) is 2.32.